The second-order valence-corrected chi connectivity index (χ2v) is 5.43. The van der Waals surface area contributed by atoms with Gasteiger partial charge in [0.2, 0.25) is 0 Å². The topological polar surface area (TPSA) is 32.3 Å². The van der Waals surface area contributed by atoms with Crippen molar-refractivity contribution in [3.05, 3.63) is 35.9 Å². The van der Waals surface area contributed by atoms with Gasteiger partial charge in [0, 0.05) is 12.1 Å². The molecule has 1 aromatic rings. The molecule has 0 saturated heterocycles. The van der Waals surface area contributed by atoms with Crippen LogP contribution in [0.15, 0.2) is 30.3 Å². The Kier molecular flexibility index (Phi) is 4.19. The molecule has 2 rings (SSSR count). The van der Waals surface area contributed by atoms with Crippen molar-refractivity contribution in [3.63, 3.8) is 0 Å². The lowest BCUT2D eigenvalue weighted by molar-refractivity contribution is 0.194. The first kappa shape index (κ1) is 12.6. The molecule has 1 aromatic carbocycles. The van der Waals surface area contributed by atoms with E-state index in [2.05, 4.69) is 49.5 Å². The van der Waals surface area contributed by atoms with Crippen LogP contribution in [0.2, 0.25) is 0 Å². The number of hydrogen-bond donors (Lipinski definition) is 2. The smallest absolute Gasteiger partial charge is 0.0587 e. The maximum absolute atomic E-state index is 9.43. The molecule has 0 spiro atoms. The fourth-order valence-corrected chi connectivity index (χ4v) is 2.28. The van der Waals surface area contributed by atoms with E-state index in [1.54, 1.807) is 0 Å². The number of benzene rings is 1. The summed E-state index contributed by atoms with van der Waals surface area (Å²) in [6.45, 7) is 4.53. The van der Waals surface area contributed by atoms with Crippen LogP contribution in [0.3, 0.4) is 0 Å². The highest BCUT2D eigenvalue weighted by Gasteiger charge is 2.33. The zero-order chi connectivity index (χ0) is 12.3. The van der Waals surface area contributed by atoms with Crippen molar-refractivity contribution in [2.45, 2.75) is 38.8 Å². The molecule has 0 aliphatic heterocycles. The summed E-state index contributed by atoms with van der Waals surface area (Å²) < 4.78 is 0. The maximum Gasteiger partial charge on any atom is 0.0587 e. The molecule has 2 N–H and O–H groups in total. The third-order valence-electron chi connectivity index (χ3n) is 3.65. The van der Waals surface area contributed by atoms with E-state index in [-0.39, 0.29) is 12.6 Å². The van der Waals surface area contributed by atoms with Gasteiger partial charge >= 0.3 is 0 Å². The lowest BCUT2D eigenvalue weighted by Gasteiger charge is -2.27. The summed E-state index contributed by atoms with van der Waals surface area (Å²) >= 11 is 0. The highest BCUT2D eigenvalue weighted by Crippen LogP contribution is 2.41. The largest absolute Gasteiger partial charge is 0.395 e. The van der Waals surface area contributed by atoms with E-state index in [1.807, 2.05) is 0 Å². The Balaban J connectivity index is 2.08. The van der Waals surface area contributed by atoms with Gasteiger partial charge in [-0.15, -0.1) is 0 Å². The van der Waals surface area contributed by atoms with Gasteiger partial charge in [-0.2, -0.15) is 0 Å². The van der Waals surface area contributed by atoms with Crippen molar-refractivity contribution >= 4 is 0 Å². The van der Waals surface area contributed by atoms with Gasteiger partial charge in [-0.25, -0.2) is 0 Å². The van der Waals surface area contributed by atoms with Crippen LogP contribution in [0, 0.1) is 11.8 Å². The van der Waals surface area contributed by atoms with Crippen LogP contribution < -0.4 is 5.32 Å². The highest BCUT2D eigenvalue weighted by atomic mass is 16.3. The number of aliphatic hydroxyl groups is 1. The molecule has 0 aromatic heterocycles. The van der Waals surface area contributed by atoms with Gasteiger partial charge < -0.3 is 10.4 Å². The summed E-state index contributed by atoms with van der Waals surface area (Å²) in [7, 11) is 0. The second kappa shape index (κ2) is 5.65. The van der Waals surface area contributed by atoms with Crippen LogP contribution in [-0.2, 0) is 0 Å². The molecule has 0 radical (unpaired) electrons. The lowest BCUT2D eigenvalue weighted by Crippen LogP contribution is -2.40. The molecule has 17 heavy (non-hydrogen) atoms. The van der Waals surface area contributed by atoms with Crippen molar-refractivity contribution in [3.8, 4) is 0 Å². The summed E-state index contributed by atoms with van der Waals surface area (Å²) in [4.78, 5) is 0. The van der Waals surface area contributed by atoms with E-state index in [0.29, 0.717) is 12.0 Å². The molecule has 94 valence electrons. The first-order chi connectivity index (χ1) is 8.22. The summed E-state index contributed by atoms with van der Waals surface area (Å²) in [5, 5.41) is 13.1. The molecule has 2 atom stereocenters. The van der Waals surface area contributed by atoms with Crippen LogP contribution in [0.5, 0.6) is 0 Å². The van der Waals surface area contributed by atoms with E-state index in [4.69, 9.17) is 0 Å². The summed E-state index contributed by atoms with van der Waals surface area (Å²) in [6, 6.07) is 11.2. The van der Waals surface area contributed by atoms with Crippen molar-refractivity contribution < 1.29 is 5.11 Å². The monoisotopic (exact) mass is 233 g/mol. The van der Waals surface area contributed by atoms with E-state index in [0.717, 1.165) is 5.92 Å². The van der Waals surface area contributed by atoms with Crippen molar-refractivity contribution in [2.24, 2.45) is 11.8 Å². The second-order valence-electron chi connectivity index (χ2n) is 5.43. The lowest BCUT2D eigenvalue weighted by atomic mass is 9.98. The summed E-state index contributed by atoms with van der Waals surface area (Å²) in [6.07, 6.45) is 2.62. The minimum absolute atomic E-state index is 0.195. The molecule has 1 aliphatic rings. The first-order valence-electron chi connectivity index (χ1n) is 6.64. The first-order valence-corrected chi connectivity index (χ1v) is 6.64. The van der Waals surface area contributed by atoms with Gasteiger partial charge in [0.1, 0.15) is 0 Å². The Morgan fingerprint density at radius 2 is 1.88 bits per heavy atom. The summed E-state index contributed by atoms with van der Waals surface area (Å²) in [5.74, 6) is 1.22. The quantitative estimate of drug-likeness (QED) is 0.792. The molecule has 2 nitrogen and oxygen atoms in total. The molecule has 1 fully saturated rings. The zero-order valence-corrected chi connectivity index (χ0v) is 10.8. The predicted molar refractivity (Wildman–Crippen MR) is 70.8 cm³/mol. The Labute approximate surface area is 104 Å². The molecule has 0 unspecified atom stereocenters. The zero-order valence-electron chi connectivity index (χ0n) is 10.8. The van der Waals surface area contributed by atoms with Gasteiger partial charge in [-0.3, -0.25) is 0 Å². The van der Waals surface area contributed by atoms with Crippen molar-refractivity contribution in [2.75, 3.05) is 6.61 Å². The SMILES string of the molecule is CC(C)[C@@H](CO)N[C@H](c1ccccc1)C1CC1. The van der Waals surface area contributed by atoms with Crippen molar-refractivity contribution in [1.82, 2.24) is 5.32 Å². The number of hydrogen-bond acceptors (Lipinski definition) is 2. The summed E-state index contributed by atoms with van der Waals surface area (Å²) in [5.41, 5.74) is 1.36. The molecule has 2 heteroatoms. The Hall–Kier alpha value is -0.860. The van der Waals surface area contributed by atoms with Crippen LogP contribution in [0.4, 0.5) is 0 Å². The molecular formula is C15H23NO. The standard InChI is InChI=1S/C15H23NO/c1-11(2)14(10-17)16-15(13-8-9-13)12-6-4-3-5-7-12/h3-7,11,13-17H,8-10H2,1-2H3/t14-,15-/m1/s1. The Morgan fingerprint density at radius 3 is 2.35 bits per heavy atom. The maximum atomic E-state index is 9.43. The van der Waals surface area contributed by atoms with Gasteiger partial charge in [0.15, 0.2) is 0 Å². The van der Waals surface area contributed by atoms with E-state index in [9.17, 15) is 5.11 Å². The van der Waals surface area contributed by atoms with E-state index < -0.39 is 0 Å². The highest BCUT2D eigenvalue weighted by molar-refractivity contribution is 5.21. The predicted octanol–water partition coefficient (Wildman–Crippen LogP) is 2.74. The number of aliphatic hydroxyl groups excluding tert-OH is 1. The fraction of sp³-hybridized carbons (Fsp3) is 0.600. The molecule has 0 amide bonds. The number of nitrogens with one attached hydrogen (secondary N) is 1. The average molecular weight is 233 g/mol. The molecule has 0 heterocycles. The van der Waals surface area contributed by atoms with Crippen LogP contribution >= 0.6 is 0 Å². The Bertz CT molecular complexity index is 332. The normalized spacial score (nSPS) is 19.3. The van der Waals surface area contributed by atoms with Crippen molar-refractivity contribution in [1.29, 1.82) is 0 Å². The van der Waals surface area contributed by atoms with Gasteiger partial charge in [-0.05, 0) is 30.2 Å². The van der Waals surface area contributed by atoms with E-state index in [1.165, 1.54) is 18.4 Å². The van der Waals surface area contributed by atoms with Gasteiger partial charge in [-0.1, -0.05) is 44.2 Å². The minimum atomic E-state index is 0.195. The fourth-order valence-electron chi connectivity index (χ4n) is 2.28. The Morgan fingerprint density at radius 1 is 1.24 bits per heavy atom. The van der Waals surface area contributed by atoms with Gasteiger partial charge in [0.05, 0.1) is 6.61 Å². The molecule has 1 saturated carbocycles. The van der Waals surface area contributed by atoms with E-state index >= 15 is 0 Å². The van der Waals surface area contributed by atoms with Crippen LogP contribution in [0.1, 0.15) is 38.3 Å². The molecule has 0 bridgehead atoms. The third kappa shape index (κ3) is 3.30. The minimum Gasteiger partial charge on any atom is -0.395 e. The number of rotatable bonds is 6. The molecule has 1 aliphatic carbocycles. The van der Waals surface area contributed by atoms with Crippen LogP contribution in [-0.4, -0.2) is 17.8 Å². The average Bonchev–Trinajstić information content (AvgIpc) is 3.15. The van der Waals surface area contributed by atoms with Crippen LogP contribution in [0.25, 0.3) is 0 Å². The molecular weight excluding hydrogens is 210 g/mol. The third-order valence-corrected chi connectivity index (χ3v) is 3.65. The van der Waals surface area contributed by atoms with Gasteiger partial charge in [0.25, 0.3) is 0 Å².